The molecule has 2 atom stereocenters. The second-order valence-electron chi connectivity index (χ2n) is 5.23. The third-order valence-corrected chi connectivity index (χ3v) is 3.83. The van der Waals surface area contributed by atoms with Gasteiger partial charge in [-0.15, -0.1) is 0 Å². The van der Waals surface area contributed by atoms with Crippen molar-refractivity contribution >= 4 is 12.2 Å². The molecule has 102 valence electrons. The van der Waals surface area contributed by atoms with Gasteiger partial charge in [0, 0.05) is 19.0 Å². The Morgan fingerprint density at radius 1 is 1.32 bits per heavy atom. The van der Waals surface area contributed by atoms with Crippen LogP contribution < -0.4 is 0 Å². The van der Waals surface area contributed by atoms with Gasteiger partial charge in [0.25, 0.3) is 0 Å². The smallest absolute Gasteiger partial charge is 0.226 e. The molecule has 1 aliphatic rings. The Morgan fingerprint density at radius 2 is 2.05 bits per heavy atom. The van der Waals surface area contributed by atoms with Crippen molar-refractivity contribution in [2.45, 2.75) is 26.2 Å². The maximum absolute atomic E-state index is 12.4. The van der Waals surface area contributed by atoms with Gasteiger partial charge in [0.15, 0.2) is 0 Å². The molecule has 0 radical (unpaired) electrons. The van der Waals surface area contributed by atoms with Crippen molar-refractivity contribution in [3.8, 4) is 0 Å². The SMILES string of the molecule is CCCCN1CC(C=O)C(Cc2ccccc2)C1=O. The van der Waals surface area contributed by atoms with Crippen molar-refractivity contribution in [3.63, 3.8) is 0 Å². The topological polar surface area (TPSA) is 37.4 Å². The Hall–Kier alpha value is -1.64. The van der Waals surface area contributed by atoms with Crippen LogP contribution in [0.4, 0.5) is 0 Å². The Balaban J connectivity index is 2.05. The minimum absolute atomic E-state index is 0.148. The number of carbonyl (C=O) groups is 2. The van der Waals surface area contributed by atoms with Crippen LogP contribution in [0.3, 0.4) is 0 Å². The highest BCUT2D eigenvalue weighted by Crippen LogP contribution is 2.27. The highest BCUT2D eigenvalue weighted by atomic mass is 16.2. The summed E-state index contributed by atoms with van der Waals surface area (Å²) >= 11 is 0. The minimum Gasteiger partial charge on any atom is -0.342 e. The standard InChI is InChI=1S/C16H21NO2/c1-2-3-9-17-11-14(12-18)15(16(17)19)10-13-7-5-4-6-8-13/h4-8,12,14-15H,2-3,9-11H2,1H3. The van der Waals surface area contributed by atoms with E-state index in [4.69, 9.17) is 0 Å². The molecule has 0 aliphatic carbocycles. The monoisotopic (exact) mass is 259 g/mol. The third-order valence-electron chi connectivity index (χ3n) is 3.83. The third kappa shape index (κ3) is 3.22. The van der Waals surface area contributed by atoms with Crippen LogP contribution in [-0.2, 0) is 16.0 Å². The van der Waals surface area contributed by atoms with Crippen LogP contribution in [0.1, 0.15) is 25.3 Å². The van der Waals surface area contributed by atoms with Crippen LogP contribution in [-0.4, -0.2) is 30.2 Å². The number of amides is 1. The van der Waals surface area contributed by atoms with E-state index in [1.165, 1.54) is 0 Å². The van der Waals surface area contributed by atoms with Crippen molar-refractivity contribution in [1.29, 1.82) is 0 Å². The van der Waals surface area contributed by atoms with E-state index in [2.05, 4.69) is 6.92 Å². The number of rotatable bonds is 6. The highest BCUT2D eigenvalue weighted by Gasteiger charge is 2.39. The first kappa shape index (κ1) is 13.8. The van der Waals surface area contributed by atoms with E-state index in [-0.39, 0.29) is 17.7 Å². The molecule has 0 aromatic heterocycles. The molecular weight excluding hydrogens is 238 g/mol. The molecule has 0 saturated carbocycles. The van der Waals surface area contributed by atoms with Gasteiger partial charge in [-0.25, -0.2) is 0 Å². The molecule has 1 amide bonds. The fraction of sp³-hybridized carbons (Fsp3) is 0.500. The molecule has 1 saturated heterocycles. The average Bonchev–Trinajstić information content (AvgIpc) is 2.74. The molecular formula is C16H21NO2. The summed E-state index contributed by atoms with van der Waals surface area (Å²) in [6.45, 7) is 3.49. The zero-order valence-electron chi connectivity index (χ0n) is 11.4. The molecule has 1 aromatic carbocycles. The van der Waals surface area contributed by atoms with Crippen LogP contribution in [0, 0.1) is 11.8 Å². The summed E-state index contributed by atoms with van der Waals surface area (Å²) in [5.74, 6) is -0.171. The number of benzene rings is 1. The van der Waals surface area contributed by atoms with Crippen molar-refractivity contribution in [3.05, 3.63) is 35.9 Å². The van der Waals surface area contributed by atoms with Crippen LogP contribution in [0.2, 0.25) is 0 Å². The zero-order chi connectivity index (χ0) is 13.7. The highest BCUT2D eigenvalue weighted by molar-refractivity contribution is 5.85. The fourth-order valence-electron chi connectivity index (χ4n) is 2.68. The second-order valence-corrected chi connectivity index (χ2v) is 5.23. The van der Waals surface area contributed by atoms with Gasteiger partial charge in [-0.1, -0.05) is 43.7 Å². The van der Waals surface area contributed by atoms with Gasteiger partial charge in [-0.2, -0.15) is 0 Å². The molecule has 0 N–H and O–H groups in total. The summed E-state index contributed by atoms with van der Waals surface area (Å²) in [7, 11) is 0. The fourth-order valence-corrected chi connectivity index (χ4v) is 2.68. The van der Waals surface area contributed by atoms with Crippen molar-refractivity contribution in [2.75, 3.05) is 13.1 Å². The lowest BCUT2D eigenvalue weighted by molar-refractivity contribution is -0.131. The quantitative estimate of drug-likeness (QED) is 0.735. The Labute approximate surface area is 114 Å². The molecule has 0 bridgehead atoms. The van der Waals surface area contributed by atoms with Crippen molar-refractivity contribution in [1.82, 2.24) is 4.90 Å². The van der Waals surface area contributed by atoms with E-state index < -0.39 is 0 Å². The maximum Gasteiger partial charge on any atom is 0.226 e. The Morgan fingerprint density at radius 3 is 2.68 bits per heavy atom. The summed E-state index contributed by atoms with van der Waals surface area (Å²) in [6, 6.07) is 9.94. The second kappa shape index (κ2) is 6.50. The van der Waals surface area contributed by atoms with Crippen LogP contribution in [0.15, 0.2) is 30.3 Å². The summed E-state index contributed by atoms with van der Waals surface area (Å²) in [6.07, 6.45) is 3.71. The van der Waals surface area contributed by atoms with E-state index in [1.807, 2.05) is 35.2 Å². The van der Waals surface area contributed by atoms with Crippen molar-refractivity contribution < 1.29 is 9.59 Å². The van der Waals surface area contributed by atoms with Crippen LogP contribution in [0.5, 0.6) is 0 Å². The van der Waals surface area contributed by atoms with Gasteiger partial charge in [0.05, 0.1) is 5.92 Å². The van der Waals surface area contributed by atoms with Gasteiger partial charge < -0.3 is 9.69 Å². The molecule has 19 heavy (non-hydrogen) atoms. The first-order chi connectivity index (χ1) is 9.26. The molecule has 2 rings (SSSR count). The van der Waals surface area contributed by atoms with Crippen molar-refractivity contribution in [2.24, 2.45) is 11.8 Å². The summed E-state index contributed by atoms with van der Waals surface area (Å²) in [5.41, 5.74) is 1.13. The largest absolute Gasteiger partial charge is 0.342 e. The lowest BCUT2D eigenvalue weighted by Crippen LogP contribution is -2.28. The average molecular weight is 259 g/mol. The number of carbonyl (C=O) groups excluding carboxylic acids is 2. The zero-order valence-corrected chi connectivity index (χ0v) is 11.4. The first-order valence-electron chi connectivity index (χ1n) is 7.04. The number of hydrogen-bond donors (Lipinski definition) is 0. The molecule has 3 heteroatoms. The van der Waals surface area contributed by atoms with Gasteiger partial charge in [0.1, 0.15) is 6.29 Å². The minimum atomic E-state index is -0.170. The normalized spacial score (nSPS) is 22.8. The van der Waals surface area contributed by atoms with Crippen LogP contribution >= 0.6 is 0 Å². The van der Waals surface area contributed by atoms with Gasteiger partial charge in [-0.3, -0.25) is 4.79 Å². The van der Waals surface area contributed by atoms with E-state index >= 15 is 0 Å². The maximum atomic E-state index is 12.4. The molecule has 2 unspecified atom stereocenters. The summed E-state index contributed by atoms with van der Waals surface area (Å²) in [5, 5.41) is 0. The number of nitrogens with zero attached hydrogens (tertiary/aromatic N) is 1. The van der Waals surface area contributed by atoms with E-state index in [0.717, 1.165) is 31.2 Å². The number of aldehydes is 1. The molecule has 0 spiro atoms. The lowest BCUT2D eigenvalue weighted by Gasteiger charge is -2.15. The first-order valence-corrected chi connectivity index (χ1v) is 7.04. The molecule has 1 aromatic rings. The molecule has 3 nitrogen and oxygen atoms in total. The molecule has 1 heterocycles. The van der Waals surface area contributed by atoms with Gasteiger partial charge in [-0.05, 0) is 18.4 Å². The summed E-state index contributed by atoms with van der Waals surface area (Å²) in [4.78, 5) is 25.4. The van der Waals surface area contributed by atoms with E-state index in [0.29, 0.717) is 13.0 Å². The van der Waals surface area contributed by atoms with Crippen LogP contribution in [0.25, 0.3) is 0 Å². The number of likely N-dealkylation sites (tertiary alicyclic amines) is 1. The molecule has 1 fully saturated rings. The number of unbranched alkanes of at least 4 members (excludes halogenated alkanes) is 1. The van der Waals surface area contributed by atoms with Gasteiger partial charge in [0.2, 0.25) is 5.91 Å². The van der Waals surface area contributed by atoms with E-state index in [9.17, 15) is 9.59 Å². The Bertz CT molecular complexity index is 430. The van der Waals surface area contributed by atoms with Gasteiger partial charge >= 0.3 is 0 Å². The Kier molecular flexibility index (Phi) is 4.72. The lowest BCUT2D eigenvalue weighted by atomic mass is 9.90. The summed E-state index contributed by atoms with van der Waals surface area (Å²) < 4.78 is 0. The molecule has 1 aliphatic heterocycles. The predicted molar refractivity (Wildman–Crippen MR) is 74.7 cm³/mol. The van der Waals surface area contributed by atoms with E-state index in [1.54, 1.807) is 0 Å². The number of hydrogen-bond acceptors (Lipinski definition) is 2. The predicted octanol–water partition coefficient (Wildman–Crippen LogP) is 2.30.